The van der Waals surface area contributed by atoms with Crippen molar-refractivity contribution in [3.05, 3.63) is 45.9 Å². The number of esters is 1. The Morgan fingerprint density at radius 3 is 2.25 bits per heavy atom. The number of ketones is 2. The number of fused-ring (bicyclic) bond motifs is 3. The van der Waals surface area contributed by atoms with Crippen LogP contribution in [-0.4, -0.2) is 105 Å². The van der Waals surface area contributed by atoms with E-state index < -0.39 is 99.4 Å². The predicted molar refractivity (Wildman–Crippen MR) is 153 cm³/mol. The minimum absolute atomic E-state index is 0.222. The molecule has 3 aliphatic carbocycles. The number of anilines is 1. The summed E-state index contributed by atoms with van der Waals surface area (Å²) in [6.07, 6.45) is -1.73. The number of carbonyl (C=O) groups excluding carboxylic acids is 5. The minimum atomic E-state index is -3.05. The van der Waals surface area contributed by atoms with Gasteiger partial charge in [0.05, 0.1) is 36.4 Å². The number of hydrogen-bond acceptors (Lipinski definition) is 12. The third-order valence-electron chi connectivity index (χ3n) is 8.79. The zero-order valence-electron chi connectivity index (χ0n) is 24.9. The maximum Gasteiger partial charge on any atom is 0.328 e. The first-order valence-corrected chi connectivity index (χ1v) is 13.8. The van der Waals surface area contributed by atoms with E-state index in [1.54, 1.807) is 20.8 Å². The molecule has 1 aromatic rings. The lowest BCUT2D eigenvalue weighted by atomic mass is 9.55. The highest BCUT2D eigenvalue weighted by atomic mass is 16.5. The van der Waals surface area contributed by atoms with E-state index in [9.17, 15) is 49.5 Å². The van der Waals surface area contributed by atoms with Gasteiger partial charge in [-0.1, -0.05) is 26.8 Å². The van der Waals surface area contributed by atoms with Crippen LogP contribution in [0.3, 0.4) is 0 Å². The van der Waals surface area contributed by atoms with E-state index in [2.05, 4.69) is 10.6 Å². The zero-order chi connectivity index (χ0) is 33.2. The lowest BCUT2D eigenvalue weighted by Gasteiger charge is -2.53. The average Bonchev–Trinajstić information content (AvgIpc) is 2.93. The fourth-order valence-corrected chi connectivity index (χ4v) is 6.65. The van der Waals surface area contributed by atoms with E-state index in [0.717, 1.165) is 7.11 Å². The van der Waals surface area contributed by atoms with Gasteiger partial charge in [0.2, 0.25) is 5.78 Å². The van der Waals surface area contributed by atoms with Crippen LogP contribution in [0.4, 0.5) is 10.5 Å². The predicted octanol–water partition coefficient (Wildman–Crippen LogP) is -0.0285. The molecule has 0 saturated heterocycles. The number of primary amides is 1. The van der Waals surface area contributed by atoms with Crippen LogP contribution in [0.25, 0.3) is 0 Å². The molecule has 15 heteroatoms. The minimum Gasteiger partial charge on any atom is -0.510 e. The number of amides is 3. The monoisotopic (exact) mass is 616 g/mol. The Balaban J connectivity index is 1.84. The van der Waals surface area contributed by atoms with E-state index in [1.807, 2.05) is 0 Å². The normalized spacial score (nSPS) is 28.7. The van der Waals surface area contributed by atoms with Crippen LogP contribution in [-0.2, 0) is 19.1 Å². The summed E-state index contributed by atoms with van der Waals surface area (Å²) in [7, 11) is 4.05. The Morgan fingerprint density at radius 2 is 1.73 bits per heavy atom. The van der Waals surface area contributed by atoms with Crippen LogP contribution in [0.2, 0.25) is 0 Å². The number of aliphatic hydroxyl groups is 4. The topological polar surface area (TPSA) is 249 Å². The van der Waals surface area contributed by atoms with Gasteiger partial charge in [0.25, 0.3) is 5.91 Å². The molecule has 0 aliphatic heterocycles. The van der Waals surface area contributed by atoms with Crippen LogP contribution in [0.1, 0.15) is 42.6 Å². The molecule has 1 aromatic carbocycles. The van der Waals surface area contributed by atoms with E-state index in [1.165, 1.54) is 31.1 Å². The van der Waals surface area contributed by atoms with Gasteiger partial charge in [-0.3, -0.25) is 19.3 Å². The van der Waals surface area contributed by atoms with Gasteiger partial charge in [0, 0.05) is 11.5 Å². The van der Waals surface area contributed by atoms with Crippen LogP contribution in [0.5, 0.6) is 5.75 Å². The number of ether oxygens (including phenoxy) is 1. The van der Waals surface area contributed by atoms with Gasteiger partial charge in [0.1, 0.15) is 23.1 Å². The van der Waals surface area contributed by atoms with Crippen LogP contribution in [0, 0.1) is 17.8 Å². The molecule has 7 unspecified atom stereocenters. The van der Waals surface area contributed by atoms with Crippen molar-refractivity contribution in [2.75, 3.05) is 26.5 Å². The smallest absolute Gasteiger partial charge is 0.328 e. The second-order valence-electron chi connectivity index (χ2n) is 11.8. The lowest BCUT2D eigenvalue weighted by Crippen LogP contribution is -2.68. The highest BCUT2D eigenvalue weighted by molar-refractivity contribution is 6.25. The van der Waals surface area contributed by atoms with Crippen LogP contribution < -0.4 is 16.4 Å². The summed E-state index contributed by atoms with van der Waals surface area (Å²) in [6, 6.07) is -0.577. The number of phenolic OH excluding ortho intramolecular Hbond substituents is 1. The molecule has 7 atom stereocenters. The Morgan fingerprint density at radius 1 is 1.11 bits per heavy atom. The van der Waals surface area contributed by atoms with Crippen molar-refractivity contribution < 1.29 is 54.2 Å². The van der Waals surface area contributed by atoms with Gasteiger partial charge in [-0.25, -0.2) is 9.59 Å². The number of likely N-dealkylation sites (N-methyl/N-ethyl adjacent to an activating group) is 1. The van der Waals surface area contributed by atoms with Gasteiger partial charge in [-0.05, 0) is 37.6 Å². The van der Waals surface area contributed by atoms with Gasteiger partial charge in [-0.2, -0.15) is 0 Å². The summed E-state index contributed by atoms with van der Waals surface area (Å²) < 4.78 is 4.70. The molecule has 0 aromatic heterocycles. The number of carbonyl (C=O) groups is 5. The molecule has 0 spiro atoms. The highest BCUT2D eigenvalue weighted by Crippen LogP contribution is 2.56. The summed E-state index contributed by atoms with van der Waals surface area (Å²) in [5.74, 6) is -11.4. The van der Waals surface area contributed by atoms with Crippen molar-refractivity contribution in [1.29, 1.82) is 0 Å². The summed E-state index contributed by atoms with van der Waals surface area (Å²) in [5.41, 5.74) is 0.299. The first-order valence-electron chi connectivity index (χ1n) is 13.8. The molecule has 0 fully saturated rings. The molecule has 0 bridgehead atoms. The van der Waals surface area contributed by atoms with Crippen LogP contribution >= 0.6 is 0 Å². The molecule has 3 amide bonds. The summed E-state index contributed by atoms with van der Waals surface area (Å²) in [6.45, 7) is 4.93. The molecule has 9 N–H and O–H groups in total. The largest absolute Gasteiger partial charge is 0.510 e. The maximum absolute atomic E-state index is 14.0. The number of phenols is 1. The van der Waals surface area contributed by atoms with E-state index in [-0.39, 0.29) is 22.7 Å². The molecule has 0 radical (unpaired) electrons. The first kappa shape index (κ1) is 32.4. The number of methoxy groups -OCH3 is 1. The SMILES string of the molecule is COC(=O)C(NC(=O)Nc1ccc2c(c1O)C(=O)C1=C(O)C3(O)C(=O)C(C(N)=O)=C(O)C(N(C)C)C3C(O)C1C2C)C(C)C. The number of nitrogens with two attached hydrogens (primary N) is 1. The van der Waals surface area contributed by atoms with Crippen molar-refractivity contribution in [2.24, 2.45) is 23.5 Å². The molecule has 4 rings (SSSR count). The van der Waals surface area contributed by atoms with Crippen molar-refractivity contribution in [2.45, 2.75) is 50.5 Å². The maximum atomic E-state index is 14.0. The van der Waals surface area contributed by atoms with Crippen LogP contribution in [0.15, 0.2) is 34.8 Å². The molecule has 3 aliphatic rings. The van der Waals surface area contributed by atoms with E-state index in [0.29, 0.717) is 0 Å². The first-order chi connectivity index (χ1) is 20.4. The third kappa shape index (κ3) is 4.58. The molecule has 0 heterocycles. The van der Waals surface area contributed by atoms with Gasteiger partial charge in [0.15, 0.2) is 17.1 Å². The molecule has 238 valence electrons. The number of aliphatic hydroxyl groups excluding tert-OH is 3. The Labute approximate surface area is 252 Å². The number of hydrogen-bond donors (Lipinski definition) is 8. The number of nitrogens with one attached hydrogen (secondary N) is 2. The zero-order valence-corrected chi connectivity index (χ0v) is 24.9. The molecular weight excluding hydrogens is 580 g/mol. The lowest BCUT2D eigenvalue weighted by molar-refractivity contribution is -0.162. The van der Waals surface area contributed by atoms with Gasteiger partial charge < -0.3 is 46.6 Å². The number of benzene rings is 1. The Bertz CT molecular complexity index is 1530. The number of Topliss-reactive ketones (excluding diaryl/α,β-unsaturated/α-hetero) is 2. The number of aromatic hydroxyl groups is 1. The number of urea groups is 1. The van der Waals surface area contributed by atoms with Crippen molar-refractivity contribution >= 4 is 35.2 Å². The van der Waals surface area contributed by atoms with Gasteiger partial charge >= 0.3 is 12.0 Å². The van der Waals surface area contributed by atoms with Crippen molar-refractivity contribution in [3.63, 3.8) is 0 Å². The fourth-order valence-electron chi connectivity index (χ4n) is 6.65. The highest BCUT2D eigenvalue weighted by Gasteiger charge is 2.67. The summed E-state index contributed by atoms with van der Waals surface area (Å²) in [4.78, 5) is 65.7. The quantitative estimate of drug-likeness (QED) is 0.119. The Kier molecular flexibility index (Phi) is 8.28. The van der Waals surface area contributed by atoms with Crippen molar-refractivity contribution in [1.82, 2.24) is 10.2 Å². The molecule has 0 saturated carbocycles. The second-order valence-corrected chi connectivity index (χ2v) is 11.8. The average molecular weight is 617 g/mol. The third-order valence-corrected chi connectivity index (χ3v) is 8.79. The van der Waals surface area contributed by atoms with Crippen molar-refractivity contribution in [3.8, 4) is 5.75 Å². The Hall–Kier alpha value is -4.47. The molecular formula is C29H36N4O11. The number of rotatable bonds is 6. The number of nitrogens with zero attached hydrogens (tertiary/aromatic N) is 1. The summed E-state index contributed by atoms with van der Waals surface area (Å²) >= 11 is 0. The fraction of sp³-hybridized carbons (Fsp3) is 0.483. The molecule has 44 heavy (non-hydrogen) atoms. The van der Waals surface area contributed by atoms with E-state index >= 15 is 0 Å². The van der Waals surface area contributed by atoms with E-state index in [4.69, 9.17) is 10.5 Å². The second kappa shape index (κ2) is 11.2. The molecule has 15 nitrogen and oxygen atoms in total. The standard InChI is InChI=1S/C29H36N4O11/c1-9(2)18(27(41)44-6)32-28(42)31-12-8-7-11-10(3)13-15(21(35)14(11)20(12)34)24(38)29(43)17(22(13)36)19(33(4)5)23(37)16(25(29)39)26(30)40/h7-10,13,17-19,22,34,36-38,43H,1-6H3,(H2,30,40)(H2,31,32,42). The van der Waals surface area contributed by atoms with Gasteiger partial charge in [-0.15, -0.1) is 0 Å². The summed E-state index contributed by atoms with van der Waals surface area (Å²) in [5, 5.41) is 61.7.